The van der Waals surface area contributed by atoms with Crippen molar-refractivity contribution in [1.29, 1.82) is 0 Å². The lowest BCUT2D eigenvalue weighted by atomic mass is 9.82. The highest BCUT2D eigenvalue weighted by atomic mass is 16.4. The summed E-state index contributed by atoms with van der Waals surface area (Å²) in [4.78, 5) is 25.7. The number of allylic oxidation sites excluding steroid dienone is 12. The molecule has 0 fully saturated rings. The van der Waals surface area contributed by atoms with Crippen LogP contribution in [0.4, 0.5) is 0 Å². The second-order valence-electron chi connectivity index (χ2n) is 11.5. The Hall–Kier alpha value is -2.34. The van der Waals surface area contributed by atoms with Crippen molar-refractivity contribution >= 4 is 11.6 Å². The molecule has 44 heavy (non-hydrogen) atoms. The average molecular weight is 613 g/mol. The molecule has 0 bridgehead atoms. The minimum atomic E-state index is -2.51. The molecule has 0 saturated carbocycles. The molecule has 0 spiro atoms. The average Bonchev–Trinajstić information content (AvgIpc) is 3.03. The summed E-state index contributed by atoms with van der Waals surface area (Å²) >= 11 is 0. The van der Waals surface area contributed by atoms with Gasteiger partial charge in [-0.3, -0.25) is 9.59 Å². The second kappa shape index (κ2) is 30.7. The molecule has 250 valence electrons. The lowest BCUT2D eigenvalue weighted by molar-refractivity contribution is -0.166. The molecule has 3 N–H and O–H groups in total. The van der Waals surface area contributed by atoms with Gasteiger partial charge in [0.1, 0.15) is 6.10 Å². The molecule has 0 saturated heterocycles. The minimum Gasteiger partial charge on any atom is -0.394 e. The Labute approximate surface area is 269 Å². The molecule has 0 aromatic rings. The summed E-state index contributed by atoms with van der Waals surface area (Å²) in [6, 6.07) is 0. The van der Waals surface area contributed by atoms with Crippen LogP contribution < -0.4 is 0 Å². The first-order chi connectivity index (χ1) is 21.4. The van der Waals surface area contributed by atoms with Gasteiger partial charge in [-0.25, -0.2) is 0 Å². The summed E-state index contributed by atoms with van der Waals surface area (Å²) in [5.74, 6) is -1.35. The van der Waals surface area contributed by atoms with Gasteiger partial charge in [0.15, 0.2) is 11.6 Å². The monoisotopic (exact) mass is 612 g/mol. The minimum absolute atomic E-state index is 0.0260. The predicted octanol–water partition coefficient (Wildman–Crippen LogP) is 9.39. The fourth-order valence-corrected chi connectivity index (χ4v) is 4.85. The van der Waals surface area contributed by atoms with Crippen molar-refractivity contribution < 1.29 is 24.9 Å². The number of carbonyl (C=O) groups is 2. The maximum Gasteiger partial charge on any atom is 0.209 e. The van der Waals surface area contributed by atoms with Crippen molar-refractivity contribution in [3.63, 3.8) is 0 Å². The van der Waals surface area contributed by atoms with E-state index in [1.165, 1.54) is 0 Å². The molecule has 0 aromatic heterocycles. The van der Waals surface area contributed by atoms with E-state index in [1.54, 1.807) is 0 Å². The van der Waals surface area contributed by atoms with Gasteiger partial charge in [-0.15, -0.1) is 0 Å². The van der Waals surface area contributed by atoms with Crippen LogP contribution in [0.3, 0.4) is 0 Å². The van der Waals surface area contributed by atoms with Gasteiger partial charge >= 0.3 is 0 Å². The van der Waals surface area contributed by atoms with Gasteiger partial charge < -0.3 is 15.3 Å². The van der Waals surface area contributed by atoms with E-state index in [-0.39, 0.29) is 12.8 Å². The van der Waals surface area contributed by atoms with Crippen LogP contribution in [0, 0.1) is 0 Å². The van der Waals surface area contributed by atoms with E-state index in [2.05, 4.69) is 86.8 Å². The Bertz CT molecular complexity index is 813. The first kappa shape index (κ1) is 41.7. The number of aliphatic hydroxyl groups is 3. The molecule has 0 aromatic carbocycles. The van der Waals surface area contributed by atoms with Crippen LogP contribution in [0.5, 0.6) is 0 Å². The number of unbranched alkanes of at least 4 members (excludes halogenated alkanes) is 10. The number of Topliss-reactive ketones (excluding diaryl/α,β-unsaturated/α-hetero) is 2. The van der Waals surface area contributed by atoms with E-state index in [1.807, 2.05) is 0 Å². The van der Waals surface area contributed by atoms with Crippen molar-refractivity contribution in [2.75, 3.05) is 6.61 Å². The first-order valence-electron chi connectivity index (χ1n) is 17.4. The van der Waals surface area contributed by atoms with E-state index >= 15 is 0 Å². The Morgan fingerprint density at radius 3 is 1.20 bits per heavy atom. The molecule has 0 aliphatic carbocycles. The molecule has 0 aliphatic heterocycles. The summed E-state index contributed by atoms with van der Waals surface area (Å²) in [7, 11) is 0. The van der Waals surface area contributed by atoms with Crippen molar-refractivity contribution in [2.45, 2.75) is 154 Å². The molecular formula is C39H64O5. The number of rotatable bonds is 30. The third-order valence-corrected chi connectivity index (χ3v) is 7.61. The highest BCUT2D eigenvalue weighted by molar-refractivity contribution is 6.10. The van der Waals surface area contributed by atoms with Gasteiger partial charge in [0, 0.05) is 12.8 Å². The van der Waals surface area contributed by atoms with Gasteiger partial charge in [-0.05, 0) is 77.0 Å². The Morgan fingerprint density at radius 1 is 0.523 bits per heavy atom. The normalized spacial score (nSPS) is 14.8. The molecule has 0 aliphatic rings. The lowest BCUT2D eigenvalue weighted by Gasteiger charge is -2.29. The van der Waals surface area contributed by atoms with Gasteiger partial charge in [0.05, 0.1) is 6.61 Å². The van der Waals surface area contributed by atoms with Crippen LogP contribution in [-0.2, 0) is 9.59 Å². The SMILES string of the molecule is CCC=CCC=CCC=CCCCCCCCC(=O)C(O)(C(=O)CCCCCCCC=CCC=CCC=CCC)C(O)CO. The maximum atomic E-state index is 12.8. The van der Waals surface area contributed by atoms with Crippen LogP contribution in [0.15, 0.2) is 72.9 Å². The molecule has 0 rings (SSSR count). The van der Waals surface area contributed by atoms with Crippen molar-refractivity contribution in [1.82, 2.24) is 0 Å². The third kappa shape index (κ3) is 22.2. The number of aliphatic hydroxyl groups excluding tert-OH is 2. The zero-order valence-electron chi connectivity index (χ0n) is 28.0. The molecule has 0 heterocycles. The Morgan fingerprint density at radius 2 is 0.841 bits per heavy atom. The highest BCUT2D eigenvalue weighted by Crippen LogP contribution is 2.22. The molecule has 5 heteroatoms. The molecule has 5 nitrogen and oxygen atoms in total. The number of ketones is 2. The first-order valence-corrected chi connectivity index (χ1v) is 17.4. The standard InChI is InChI=1S/C39H64O5/c1-3-5-7-9-11-13-15-17-19-21-23-25-27-29-31-33-36(41)39(44,38(43)35-40)37(42)34-32-30-28-26-24-22-20-18-16-14-12-10-8-6-4-2/h5-8,11-14,17-20,38,40,43-44H,3-4,9-10,15-16,21-35H2,1-2H3. The smallest absolute Gasteiger partial charge is 0.209 e. The second-order valence-corrected chi connectivity index (χ2v) is 11.5. The van der Waals surface area contributed by atoms with Crippen molar-refractivity contribution in [2.24, 2.45) is 0 Å². The van der Waals surface area contributed by atoms with Crippen molar-refractivity contribution in [3.8, 4) is 0 Å². The molecule has 1 unspecified atom stereocenters. The zero-order valence-corrected chi connectivity index (χ0v) is 28.0. The van der Waals surface area contributed by atoms with E-state index in [0.29, 0.717) is 12.8 Å². The fraction of sp³-hybridized carbons (Fsp3) is 0.641. The predicted molar refractivity (Wildman–Crippen MR) is 187 cm³/mol. The number of carbonyl (C=O) groups excluding carboxylic acids is 2. The molecule has 1 atom stereocenters. The maximum absolute atomic E-state index is 12.8. The molecule has 0 amide bonds. The fourth-order valence-electron chi connectivity index (χ4n) is 4.85. The summed E-state index contributed by atoms with van der Waals surface area (Å²) in [5, 5.41) is 30.5. The van der Waals surface area contributed by atoms with Crippen LogP contribution in [0.25, 0.3) is 0 Å². The van der Waals surface area contributed by atoms with Crippen LogP contribution >= 0.6 is 0 Å². The lowest BCUT2D eigenvalue weighted by Crippen LogP contribution is -2.57. The summed E-state index contributed by atoms with van der Waals surface area (Å²) in [6.45, 7) is 3.44. The molecule has 0 radical (unpaired) electrons. The highest BCUT2D eigenvalue weighted by Gasteiger charge is 2.48. The third-order valence-electron chi connectivity index (χ3n) is 7.61. The largest absolute Gasteiger partial charge is 0.394 e. The Balaban J connectivity index is 4.13. The van der Waals surface area contributed by atoms with E-state index in [4.69, 9.17) is 0 Å². The van der Waals surface area contributed by atoms with E-state index in [0.717, 1.165) is 103 Å². The van der Waals surface area contributed by atoms with Crippen LogP contribution in [-0.4, -0.2) is 45.2 Å². The van der Waals surface area contributed by atoms with Crippen LogP contribution in [0.2, 0.25) is 0 Å². The van der Waals surface area contributed by atoms with Gasteiger partial charge in [-0.1, -0.05) is 125 Å². The number of hydrogen-bond donors (Lipinski definition) is 3. The summed E-state index contributed by atoms with van der Waals surface area (Å²) < 4.78 is 0. The Kier molecular flexibility index (Phi) is 29.0. The van der Waals surface area contributed by atoms with Gasteiger partial charge in [0.2, 0.25) is 5.60 Å². The quantitative estimate of drug-likeness (QED) is 0.0427. The van der Waals surface area contributed by atoms with Crippen LogP contribution in [0.1, 0.15) is 142 Å². The van der Waals surface area contributed by atoms with Gasteiger partial charge in [0.25, 0.3) is 0 Å². The summed E-state index contributed by atoms with van der Waals surface area (Å²) in [6.07, 6.45) is 41.6. The zero-order chi connectivity index (χ0) is 32.6. The summed E-state index contributed by atoms with van der Waals surface area (Å²) in [5.41, 5.74) is -2.51. The van der Waals surface area contributed by atoms with E-state index in [9.17, 15) is 24.9 Å². The molecular weight excluding hydrogens is 548 g/mol. The number of hydrogen-bond acceptors (Lipinski definition) is 5. The van der Waals surface area contributed by atoms with E-state index < -0.39 is 29.9 Å². The van der Waals surface area contributed by atoms with Crippen molar-refractivity contribution in [3.05, 3.63) is 72.9 Å². The van der Waals surface area contributed by atoms with Gasteiger partial charge in [-0.2, -0.15) is 0 Å². The topological polar surface area (TPSA) is 94.8 Å².